The van der Waals surface area contributed by atoms with Crippen molar-refractivity contribution in [3.8, 4) is 0 Å². The third-order valence-corrected chi connectivity index (χ3v) is 4.60. The van der Waals surface area contributed by atoms with Gasteiger partial charge < -0.3 is 14.6 Å². The highest BCUT2D eigenvalue weighted by Gasteiger charge is 2.25. The predicted molar refractivity (Wildman–Crippen MR) is 107 cm³/mol. The molecule has 0 saturated heterocycles. The first-order valence-corrected chi connectivity index (χ1v) is 9.14. The van der Waals surface area contributed by atoms with Gasteiger partial charge in [-0.1, -0.05) is 12.1 Å². The van der Waals surface area contributed by atoms with Gasteiger partial charge in [0.25, 0.3) is 0 Å². The van der Waals surface area contributed by atoms with Gasteiger partial charge in [0, 0.05) is 37.1 Å². The molecule has 7 nitrogen and oxygen atoms in total. The zero-order valence-corrected chi connectivity index (χ0v) is 16.5. The van der Waals surface area contributed by atoms with Crippen LogP contribution in [-0.2, 0) is 21.4 Å². The number of methoxy groups -OCH3 is 1. The molecule has 154 valence electrons. The quantitative estimate of drug-likeness (QED) is 0.478. The first-order valence-electron chi connectivity index (χ1n) is 9.14. The number of hydrogen-bond donors (Lipinski definition) is 1. The summed E-state index contributed by atoms with van der Waals surface area (Å²) in [6, 6.07) is 11.7. The van der Waals surface area contributed by atoms with E-state index in [4.69, 9.17) is 4.74 Å². The van der Waals surface area contributed by atoms with Gasteiger partial charge in [-0.15, -0.1) is 0 Å². The number of nitrogens with one attached hydrogen (secondary N) is 1. The lowest BCUT2D eigenvalue weighted by atomic mass is 9.95. The fraction of sp³-hybridized carbons (Fsp3) is 0.182. The minimum Gasteiger partial charge on any atom is -0.469 e. The molecule has 30 heavy (non-hydrogen) atoms. The molecule has 1 heterocycles. The minimum atomic E-state index is -0.861. The lowest BCUT2D eigenvalue weighted by molar-refractivity contribution is -0.143. The summed E-state index contributed by atoms with van der Waals surface area (Å²) < 4.78 is 19.6. The average molecular weight is 409 g/mol. The third-order valence-electron chi connectivity index (χ3n) is 4.60. The maximum absolute atomic E-state index is 13.2. The van der Waals surface area contributed by atoms with E-state index in [1.807, 2.05) is 0 Å². The number of carbonyl (C=O) groups excluding carboxylic acids is 3. The van der Waals surface area contributed by atoms with Crippen LogP contribution < -0.4 is 5.32 Å². The largest absolute Gasteiger partial charge is 0.469 e. The maximum Gasteiger partial charge on any atom is 0.313 e. The monoisotopic (exact) mass is 409 g/mol. The van der Waals surface area contributed by atoms with Crippen molar-refractivity contribution in [3.05, 3.63) is 83.7 Å². The van der Waals surface area contributed by atoms with Crippen LogP contribution in [0.2, 0.25) is 0 Å². The summed E-state index contributed by atoms with van der Waals surface area (Å²) in [5.74, 6) is -2.23. The van der Waals surface area contributed by atoms with Crippen LogP contribution in [0, 0.1) is 5.82 Å². The SMILES string of the molecule is COC(=O)C(CC(=O)Nc1ccc(C(=O)c2nccn2C)cc1)c1ccc(F)cc1. The number of ether oxygens (including phenoxy) is 1. The zero-order chi connectivity index (χ0) is 21.7. The van der Waals surface area contributed by atoms with E-state index in [2.05, 4.69) is 10.3 Å². The van der Waals surface area contributed by atoms with Crippen LogP contribution in [0.5, 0.6) is 0 Å². The van der Waals surface area contributed by atoms with Crippen LogP contribution in [0.4, 0.5) is 10.1 Å². The standard InChI is InChI=1S/C22H20FN3O4/c1-26-12-11-24-21(26)20(28)15-5-9-17(10-6-15)25-19(27)13-18(22(29)30-2)14-3-7-16(23)8-4-14/h3-12,18H,13H2,1-2H3,(H,25,27). The van der Waals surface area contributed by atoms with Crippen LogP contribution in [0.1, 0.15) is 34.1 Å². The number of aryl methyl sites for hydroxylation is 1. The molecular weight excluding hydrogens is 389 g/mol. The number of esters is 1. The highest BCUT2D eigenvalue weighted by Crippen LogP contribution is 2.23. The molecule has 1 atom stereocenters. The smallest absolute Gasteiger partial charge is 0.313 e. The fourth-order valence-electron chi connectivity index (χ4n) is 2.99. The van der Waals surface area contributed by atoms with Crippen molar-refractivity contribution in [2.45, 2.75) is 12.3 Å². The van der Waals surface area contributed by atoms with Crippen molar-refractivity contribution in [2.24, 2.45) is 7.05 Å². The summed E-state index contributed by atoms with van der Waals surface area (Å²) in [6.07, 6.45) is 3.05. The number of anilines is 1. The molecule has 0 aliphatic rings. The molecule has 0 aliphatic carbocycles. The summed E-state index contributed by atoms with van der Waals surface area (Å²) in [4.78, 5) is 41.0. The summed E-state index contributed by atoms with van der Waals surface area (Å²) in [7, 11) is 2.96. The minimum absolute atomic E-state index is 0.174. The molecule has 1 N–H and O–H groups in total. The lowest BCUT2D eigenvalue weighted by Crippen LogP contribution is -2.22. The number of imidazole rings is 1. The Morgan fingerprint density at radius 2 is 1.77 bits per heavy atom. The number of aromatic nitrogens is 2. The molecule has 0 spiro atoms. The van der Waals surface area contributed by atoms with Gasteiger partial charge in [-0.05, 0) is 42.0 Å². The maximum atomic E-state index is 13.2. The Labute approximate surface area is 172 Å². The third kappa shape index (κ3) is 4.78. The van der Waals surface area contributed by atoms with Gasteiger partial charge in [-0.25, -0.2) is 9.37 Å². The molecule has 3 rings (SSSR count). The van der Waals surface area contributed by atoms with Gasteiger partial charge in [0.1, 0.15) is 5.82 Å². The van der Waals surface area contributed by atoms with E-state index in [1.165, 1.54) is 31.4 Å². The Morgan fingerprint density at radius 1 is 1.10 bits per heavy atom. The van der Waals surface area contributed by atoms with E-state index in [1.54, 1.807) is 48.3 Å². The number of carbonyl (C=O) groups is 3. The predicted octanol–water partition coefficient (Wildman–Crippen LogP) is 3.08. The highest BCUT2D eigenvalue weighted by atomic mass is 19.1. The Balaban J connectivity index is 1.68. The number of amides is 1. The lowest BCUT2D eigenvalue weighted by Gasteiger charge is -2.15. The first kappa shape index (κ1) is 20.9. The van der Waals surface area contributed by atoms with E-state index in [0.29, 0.717) is 22.6 Å². The summed E-state index contributed by atoms with van der Waals surface area (Å²) in [6.45, 7) is 0. The number of nitrogens with zero attached hydrogens (tertiary/aromatic N) is 2. The van der Waals surface area contributed by atoms with Gasteiger partial charge in [-0.2, -0.15) is 0 Å². The summed E-state index contributed by atoms with van der Waals surface area (Å²) >= 11 is 0. The van der Waals surface area contributed by atoms with Crippen molar-refractivity contribution in [1.82, 2.24) is 9.55 Å². The number of benzene rings is 2. The van der Waals surface area contributed by atoms with Gasteiger partial charge >= 0.3 is 5.97 Å². The topological polar surface area (TPSA) is 90.3 Å². The van der Waals surface area contributed by atoms with Crippen molar-refractivity contribution in [3.63, 3.8) is 0 Å². The molecule has 1 aromatic heterocycles. The second-order valence-electron chi connectivity index (χ2n) is 6.65. The van der Waals surface area contributed by atoms with E-state index < -0.39 is 23.6 Å². The summed E-state index contributed by atoms with van der Waals surface area (Å²) in [5, 5.41) is 2.69. The Hall–Kier alpha value is -3.81. The van der Waals surface area contributed by atoms with Crippen LogP contribution in [0.3, 0.4) is 0 Å². The van der Waals surface area contributed by atoms with Gasteiger partial charge in [0.05, 0.1) is 13.0 Å². The molecule has 3 aromatic rings. The van der Waals surface area contributed by atoms with E-state index in [0.717, 1.165) is 0 Å². The molecule has 1 unspecified atom stereocenters. The van der Waals surface area contributed by atoms with Crippen LogP contribution in [0.25, 0.3) is 0 Å². The number of rotatable bonds is 7. The van der Waals surface area contributed by atoms with E-state index in [-0.39, 0.29) is 12.2 Å². The molecule has 1 amide bonds. The first-order chi connectivity index (χ1) is 14.4. The van der Waals surface area contributed by atoms with Crippen LogP contribution in [0.15, 0.2) is 60.9 Å². The zero-order valence-electron chi connectivity index (χ0n) is 16.5. The molecule has 0 aliphatic heterocycles. The second-order valence-corrected chi connectivity index (χ2v) is 6.65. The number of ketones is 1. The van der Waals surface area contributed by atoms with Gasteiger partial charge in [0.2, 0.25) is 11.7 Å². The van der Waals surface area contributed by atoms with Crippen LogP contribution >= 0.6 is 0 Å². The molecule has 2 aromatic carbocycles. The Kier molecular flexibility index (Phi) is 6.36. The molecular formula is C22H20FN3O4. The normalized spacial score (nSPS) is 11.6. The molecule has 0 saturated carbocycles. The number of hydrogen-bond acceptors (Lipinski definition) is 5. The molecule has 0 radical (unpaired) electrons. The van der Waals surface area contributed by atoms with Crippen molar-refractivity contribution in [1.29, 1.82) is 0 Å². The molecule has 8 heteroatoms. The van der Waals surface area contributed by atoms with Crippen molar-refractivity contribution < 1.29 is 23.5 Å². The van der Waals surface area contributed by atoms with E-state index >= 15 is 0 Å². The second kappa shape index (κ2) is 9.13. The Bertz CT molecular complexity index is 1060. The molecule has 0 fully saturated rings. The van der Waals surface area contributed by atoms with Gasteiger partial charge in [0.15, 0.2) is 5.82 Å². The fourth-order valence-corrected chi connectivity index (χ4v) is 2.99. The highest BCUT2D eigenvalue weighted by molar-refractivity contribution is 6.07. The van der Waals surface area contributed by atoms with Crippen LogP contribution in [-0.4, -0.2) is 34.3 Å². The number of halogens is 1. The molecule has 0 bridgehead atoms. The van der Waals surface area contributed by atoms with E-state index in [9.17, 15) is 18.8 Å². The van der Waals surface area contributed by atoms with Gasteiger partial charge in [-0.3, -0.25) is 14.4 Å². The summed E-state index contributed by atoms with van der Waals surface area (Å²) in [5.41, 5.74) is 1.38. The Morgan fingerprint density at radius 3 is 2.33 bits per heavy atom. The average Bonchev–Trinajstić information content (AvgIpc) is 3.18. The van der Waals surface area contributed by atoms with Crippen molar-refractivity contribution in [2.75, 3.05) is 12.4 Å². The van der Waals surface area contributed by atoms with Crippen molar-refractivity contribution >= 4 is 23.3 Å².